The molecular weight excluding hydrogens is 270 g/mol. The van der Waals surface area contributed by atoms with Crippen molar-refractivity contribution in [3.8, 4) is 6.07 Å². The Morgan fingerprint density at radius 1 is 1.44 bits per heavy atom. The van der Waals surface area contributed by atoms with Gasteiger partial charge in [0.2, 0.25) is 0 Å². The van der Waals surface area contributed by atoms with Crippen LogP contribution in [0.4, 0.5) is 0 Å². The van der Waals surface area contributed by atoms with Crippen LogP contribution in [-0.4, -0.2) is 50.3 Å². The van der Waals surface area contributed by atoms with E-state index in [1.807, 2.05) is 20.0 Å². The second-order valence-corrected chi connectivity index (χ2v) is 7.66. The lowest BCUT2D eigenvalue weighted by atomic mass is 10.2. The molecule has 2 rings (SSSR count). The van der Waals surface area contributed by atoms with E-state index in [-0.39, 0.29) is 10.3 Å². The van der Waals surface area contributed by atoms with Gasteiger partial charge in [-0.2, -0.15) is 9.57 Å². The van der Waals surface area contributed by atoms with Gasteiger partial charge in [0.05, 0.1) is 0 Å². The molecular formula is C11H15N3O2S2. The number of nitriles is 1. The maximum atomic E-state index is 12.4. The third-order valence-corrected chi connectivity index (χ3v) is 6.50. The van der Waals surface area contributed by atoms with Gasteiger partial charge in [0.15, 0.2) is 0 Å². The van der Waals surface area contributed by atoms with Crippen LogP contribution < -0.4 is 0 Å². The first-order valence-corrected chi connectivity index (χ1v) is 7.91. The van der Waals surface area contributed by atoms with Crippen molar-refractivity contribution < 1.29 is 8.42 Å². The number of hydrogen-bond acceptors (Lipinski definition) is 5. The van der Waals surface area contributed by atoms with E-state index in [4.69, 9.17) is 5.26 Å². The van der Waals surface area contributed by atoms with Crippen LogP contribution >= 0.6 is 11.3 Å². The van der Waals surface area contributed by atoms with E-state index in [9.17, 15) is 8.42 Å². The minimum Gasteiger partial charge on any atom is -0.303 e. The fourth-order valence-corrected chi connectivity index (χ4v) is 4.96. The zero-order valence-electron chi connectivity index (χ0n) is 10.3. The molecule has 1 aromatic heterocycles. The topological polar surface area (TPSA) is 64.4 Å². The van der Waals surface area contributed by atoms with E-state index < -0.39 is 10.0 Å². The molecule has 1 saturated heterocycles. The highest BCUT2D eigenvalue weighted by atomic mass is 32.2. The summed E-state index contributed by atoms with van der Waals surface area (Å²) in [7, 11) is -1.46. The molecule has 18 heavy (non-hydrogen) atoms. The first-order chi connectivity index (χ1) is 8.45. The van der Waals surface area contributed by atoms with Gasteiger partial charge in [-0.1, -0.05) is 0 Å². The Labute approximate surface area is 111 Å². The van der Waals surface area contributed by atoms with Crippen molar-refractivity contribution in [1.82, 2.24) is 9.21 Å². The molecule has 0 radical (unpaired) electrons. The lowest BCUT2D eigenvalue weighted by molar-refractivity contribution is 0.170. The maximum Gasteiger partial charge on any atom is 0.252 e. The molecule has 1 unspecified atom stereocenters. The zero-order chi connectivity index (χ0) is 13.3. The van der Waals surface area contributed by atoms with Crippen molar-refractivity contribution in [3.63, 3.8) is 0 Å². The van der Waals surface area contributed by atoms with E-state index in [0.29, 0.717) is 11.4 Å². The molecule has 1 aliphatic rings. The highest BCUT2D eigenvalue weighted by molar-refractivity contribution is 7.91. The summed E-state index contributed by atoms with van der Waals surface area (Å²) in [6, 6.07) is 5.00. The van der Waals surface area contributed by atoms with Crippen molar-refractivity contribution in [3.05, 3.63) is 17.0 Å². The number of likely N-dealkylation sites (N-methyl/N-ethyl adjacent to an activating group) is 1. The van der Waals surface area contributed by atoms with Crippen LogP contribution in [0.5, 0.6) is 0 Å². The Kier molecular flexibility index (Phi) is 3.73. The highest BCUT2D eigenvalue weighted by Crippen LogP contribution is 2.26. The molecule has 2 heterocycles. The van der Waals surface area contributed by atoms with Crippen molar-refractivity contribution in [2.24, 2.45) is 0 Å². The van der Waals surface area contributed by atoms with Crippen LogP contribution in [0.1, 0.15) is 11.8 Å². The van der Waals surface area contributed by atoms with Gasteiger partial charge < -0.3 is 4.90 Å². The molecule has 1 fully saturated rings. The van der Waals surface area contributed by atoms with Crippen LogP contribution in [0.25, 0.3) is 0 Å². The molecule has 1 atom stereocenters. The molecule has 0 bridgehead atoms. The average molecular weight is 285 g/mol. The predicted octanol–water partition coefficient (Wildman–Crippen LogP) is 0.944. The summed E-state index contributed by atoms with van der Waals surface area (Å²) < 4.78 is 26.7. The minimum absolute atomic E-state index is 0.0404. The Bertz CT molecular complexity index is 573. The first-order valence-electron chi connectivity index (χ1n) is 5.65. The Morgan fingerprint density at radius 2 is 2.17 bits per heavy atom. The Morgan fingerprint density at radius 3 is 2.72 bits per heavy atom. The molecule has 0 aromatic carbocycles. The predicted molar refractivity (Wildman–Crippen MR) is 69.9 cm³/mol. The number of rotatable bonds is 2. The number of nitrogens with zero attached hydrogens (tertiary/aromatic N) is 3. The number of piperazine rings is 1. The first kappa shape index (κ1) is 13.5. The second-order valence-electron chi connectivity index (χ2n) is 4.46. The largest absolute Gasteiger partial charge is 0.303 e. The van der Waals surface area contributed by atoms with Crippen LogP contribution in [0.15, 0.2) is 16.3 Å². The van der Waals surface area contributed by atoms with E-state index in [0.717, 1.165) is 24.4 Å². The van der Waals surface area contributed by atoms with Gasteiger partial charge in [0.1, 0.15) is 15.2 Å². The normalized spacial score (nSPS) is 22.8. The molecule has 0 N–H and O–H groups in total. The van der Waals surface area contributed by atoms with Crippen molar-refractivity contribution >= 4 is 21.4 Å². The molecule has 0 saturated carbocycles. The SMILES string of the molecule is CC1CN(C)CCN1S(=O)(=O)c1ccc(C#N)s1. The van der Waals surface area contributed by atoms with Gasteiger partial charge in [-0.3, -0.25) is 0 Å². The summed E-state index contributed by atoms with van der Waals surface area (Å²) in [5.74, 6) is 0. The summed E-state index contributed by atoms with van der Waals surface area (Å²) in [4.78, 5) is 2.54. The van der Waals surface area contributed by atoms with Gasteiger partial charge in [-0.25, -0.2) is 8.42 Å². The van der Waals surface area contributed by atoms with Gasteiger partial charge in [-0.15, -0.1) is 11.3 Å². The number of hydrogen-bond donors (Lipinski definition) is 0. The van der Waals surface area contributed by atoms with Gasteiger partial charge in [-0.05, 0) is 26.1 Å². The van der Waals surface area contributed by atoms with Gasteiger partial charge in [0.25, 0.3) is 10.0 Å². The van der Waals surface area contributed by atoms with Crippen molar-refractivity contribution in [2.75, 3.05) is 26.7 Å². The summed E-state index contributed by atoms with van der Waals surface area (Å²) in [5, 5.41) is 8.76. The lowest BCUT2D eigenvalue weighted by Gasteiger charge is -2.36. The fraction of sp³-hybridized carbons (Fsp3) is 0.545. The van der Waals surface area contributed by atoms with Gasteiger partial charge >= 0.3 is 0 Å². The summed E-state index contributed by atoms with van der Waals surface area (Å²) >= 11 is 1.03. The third-order valence-electron chi connectivity index (χ3n) is 3.02. The molecule has 98 valence electrons. The van der Waals surface area contributed by atoms with E-state index in [1.165, 1.54) is 10.4 Å². The second kappa shape index (κ2) is 4.97. The molecule has 1 aliphatic heterocycles. The van der Waals surface area contributed by atoms with Crippen LogP contribution in [0.2, 0.25) is 0 Å². The highest BCUT2D eigenvalue weighted by Gasteiger charge is 2.33. The minimum atomic E-state index is -3.45. The molecule has 1 aromatic rings. The summed E-state index contributed by atoms with van der Waals surface area (Å²) in [6.45, 7) is 3.88. The van der Waals surface area contributed by atoms with Crippen LogP contribution in [-0.2, 0) is 10.0 Å². The standard InChI is InChI=1S/C11H15N3O2S2/c1-9-8-13(2)5-6-14(9)18(15,16)11-4-3-10(7-12)17-11/h3-4,9H,5-6,8H2,1-2H3. The number of sulfonamides is 1. The third kappa shape index (κ3) is 2.42. The van der Waals surface area contributed by atoms with E-state index in [1.54, 1.807) is 6.07 Å². The summed E-state index contributed by atoms with van der Waals surface area (Å²) in [6.07, 6.45) is 0. The van der Waals surface area contributed by atoms with Crippen molar-refractivity contribution in [2.45, 2.75) is 17.2 Å². The van der Waals surface area contributed by atoms with E-state index in [2.05, 4.69) is 4.90 Å². The van der Waals surface area contributed by atoms with Crippen molar-refractivity contribution in [1.29, 1.82) is 5.26 Å². The number of thiophene rings is 1. The van der Waals surface area contributed by atoms with Crippen LogP contribution in [0.3, 0.4) is 0 Å². The molecule has 0 aliphatic carbocycles. The maximum absolute atomic E-state index is 12.4. The molecule has 0 amide bonds. The molecule has 5 nitrogen and oxygen atoms in total. The zero-order valence-corrected chi connectivity index (χ0v) is 12.0. The van der Waals surface area contributed by atoms with Gasteiger partial charge in [0, 0.05) is 25.7 Å². The fourth-order valence-electron chi connectivity index (χ4n) is 2.11. The smallest absolute Gasteiger partial charge is 0.252 e. The molecule has 7 heteroatoms. The average Bonchev–Trinajstić information content (AvgIpc) is 2.77. The quantitative estimate of drug-likeness (QED) is 0.811. The summed E-state index contributed by atoms with van der Waals surface area (Å²) in [5.41, 5.74) is 0. The monoisotopic (exact) mass is 285 g/mol. The van der Waals surface area contributed by atoms with Crippen LogP contribution in [0, 0.1) is 11.3 Å². The van der Waals surface area contributed by atoms with E-state index >= 15 is 0 Å². The lowest BCUT2D eigenvalue weighted by Crippen LogP contribution is -2.52. The Hall–Kier alpha value is -0.940. The Balaban J connectivity index is 2.29. The molecule has 0 spiro atoms.